The van der Waals surface area contributed by atoms with Crippen LogP contribution in [0.4, 0.5) is 0 Å². The van der Waals surface area contributed by atoms with Crippen molar-refractivity contribution >= 4 is 0 Å². The normalized spacial score (nSPS) is 58.7. The number of allylic oxidation sites excluding steroid dienone is 2. The standard InChI is InChI=1S/C29H47NO/c1-18-10-13-27(4)21(15-18)8-9-22-23(27)11-14-28(5)24(22)16-25-26(28)20(3)29(31-25)12-6-7-19(2)17-30-29/h8,18-20,22-26,30H,6-7,9-17H2,1-5H3. The molecule has 1 spiro atoms. The van der Waals surface area contributed by atoms with Gasteiger partial charge in [0.05, 0.1) is 6.10 Å². The van der Waals surface area contributed by atoms with E-state index < -0.39 is 0 Å². The van der Waals surface area contributed by atoms with Crippen molar-refractivity contribution in [2.24, 2.45) is 52.3 Å². The maximum atomic E-state index is 7.11. The molecule has 4 aliphatic carbocycles. The van der Waals surface area contributed by atoms with Crippen molar-refractivity contribution in [2.75, 3.05) is 6.54 Å². The summed E-state index contributed by atoms with van der Waals surface area (Å²) in [6.45, 7) is 13.9. The predicted molar refractivity (Wildman–Crippen MR) is 128 cm³/mol. The molecule has 0 aromatic carbocycles. The summed E-state index contributed by atoms with van der Waals surface area (Å²) in [7, 11) is 0. The molecule has 2 heteroatoms. The molecule has 3 saturated carbocycles. The highest BCUT2D eigenvalue weighted by Crippen LogP contribution is 2.70. The largest absolute Gasteiger partial charge is 0.357 e. The lowest BCUT2D eigenvalue weighted by atomic mass is 9.46. The first kappa shape index (κ1) is 21.2. The molecule has 2 nitrogen and oxygen atoms in total. The fourth-order valence-electron chi connectivity index (χ4n) is 10.3. The maximum absolute atomic E-state index is 7.11. The molecule has 0 amide bonds. The van der Waals surface area contributed by atoms with Gasteiger partial charge in [0, 0.05) is 12.5 Å². The van der Waals surface area contributed by atoms with Gasteiger partial charge in [0.15, 0.2) is 0 Å². The van der Waals surface area contributed by atoms with E-state index in [1.807, 2.05) is 5.57 Å². The lowest BCUT2D eigenvalue weighted by molar-refractivity contribution is -0.0998. The number of fused-ring (bicyclic) bond motifs is 7. The average molecular weight is 426 g/mol. The smallest absolute Gasteiger partial charge is 0.122 e. The van der Waals surface area contributed by atoms with Crippen LogP contribution in [0.15, 0.2) is 11.6 Å². The van der Waals surface area contributed by atoms with E-state index in [0.717, 1.165) is 42.1 Å². The molecular weight excluding hydrogens is 378 g/mol. The van der Waals surface area contributed by atoms with E-state index in [9.17, 15) is 0 Å². The third kappa shape index (κ3) is 2.89. The van der Waals surface area contributed by atoms with Gasteiger partial charge >= 0.3 is 0 Å². The fraction of sp³-hybridized carbons (Fsp3) is 0.931. The highest BCUT2D eigenvalue weighted by molar-refractivity contribution is 5.26. The quantitative estimate of drug-likeness (QED) is 0.424. The summed E-state index contributed by atoms with van der Waals surface area (Å²) in [6, 6.07) is 0. The van der Waals surface area contributed by atoms with Crippen LogP contribution in [0.5, 0.6) is 0 Å². The van der Waals surface area contributed by atoms with Crippen molar-refractivity contribution in [2.45, 2.75) is 111 Å². The van der Waals surface area contributed by atoms with E-state index in [1.54, 1.807) is 0 Å². The molecule has 6 rings (SSSR count). The van der Waals surface area contributed by atoms with Crippen LogP contribution in [-0.2, 0) is 4.74 Å². The molecular formula is C29H47NO. The van der Waals surface area contributed by atoms with Crippen molar-refractivity contribution in [3.05, 3.63) is 11.6 Å². The Kier molecular flexibility index (Phi) is 4.84. The van der Waals surface area contributed by atoms with Crippen LogP contribution in [-0.4, -0.2) is 18.4 Å². The van der Waals surface area contributed by atoms with Crippen LogP contribution in [0, 0.1) is 52.3 Å². The summed E-state index contributed by atoms with van der Waals surface area (Å²) in [6.07, 6.45) is 17.0. The highest BCUT2D eigenvalue weighted by atomic mass is 16.5. The van der Waals surface area contributed by atoms with Gasteiger partial charge in [-0.15, -0.1) is 0 Å². The summed E-state index contributed by atoms with van der Waals surface area (Å²) >= 11 is 0. The van der Waals surface area contributed by atoms with Crippen LogP contribution in [0.1, 0.15) is 98.8 Å². The third-order valence-electron chi connectivity index (χ3n) is 12.1. The Labute approximate surface area is 191 Å². The molecule has 11 atom stereocenters. The Hall–Kier alpha value is -0.340. The van der Waals surface area contributed by atoms with Crippen LogP contribution in [0.25, 0.3) is 0 Å². The summed E-state index contributed by atoms with van der Waals surface area (Å²) in [5, 5.41) is 3.97. The molecule has 0 aromatic heterocycles. The van der Waals surface area contributed by atoms with Gasteiger partial charge in [0.25, 0.3) is 0 Å². The van der Waals surface area contributed by atoms with Gasteiger partial charge in [0.1, 0.15) is 5.72 Å². The zero-order valence-corrected chi connectivity index (χ0v) is 20.9. The maximum Gasteiger partial charge on any atom is 0.122 e. The summed E-state index contributed by atoms with van der Waals surface area (Å²) in [5.74, 6) is 5.80. The number of hydrogen-bond donors (Lipinski definition) is 1. The second kappa shape index (κ2) is 7.08. The van der Waals surface area contributed by atoms with E-state index in [-0.39, 0.29) is 5.72 Å². The Balaban J connectivity index is 1.28. The Bertz CT molecular complexity index is 760. The Morgan fingerprint density at radius 3 is 2.65 bits per heavy atom. The number of rotatable bonds is 0. The summed E-state index contributed by atoms with van der Waals surface area (Å²) in [5.41, 5.74) is 2.80. The first-order chi connectivity index (χ1) is 14.8. The highest BCUT2D eigenvalue weighted by Gasteiger charge is 2.67. The molecule has 2 heterocycles. The van der Waals surface area contributed by atoms with Gasteiger partial charge in [-0.2, -0.15) is 0 Å². The van der Waals surface area contributed by atoms with Crippen molar-refractivity contribution < 1.29 is 4.74 Å². The SMILES string of the molecule is CC1CCCC2(NC1)OC1CC3C4CC=C5CC(C)CCC5(C)C4CCC3(C)C1C2C. The van der Waals surface area contributed by atoms with Gasteiger partial charge < -0.3 is 4.74 Å². The minimum Gasteiger partial charge on any atom is -0.357 e. The number of ether oxygens (including phenoxy) is 1. The van der Waals surface area contributed by atoms with E-state index >= 15 is 0 Å². The predicted octanol–water partition coefficient (Wildman–Crippen LogP) is 6.95. The molecule has 0 radical (unpaired) electrons. The molecule has 5 fully saturated rings. The van der Waals surface area contributed by atoms with Crippen LogP contribution < -0.4 is 5.32 Å². The number of nitrogens with one attached hydrogen (secondary N) is 1. The summed E-state index contributed by atoms with van der Waals surface area (Å²) < 4.78 is 7.11. The molecule has 0 aromatic rings. The lowest BCUT2D eigenvalue weighted by Gasteiger charge is -2.58. The number of hydrogen-bond acceptors (Lipinski definition) is 2. The molecule has 174 valence electrons. The molecule has 0 bridgehead atoms. The van der Waals surface area contributed by atoms with Gasteiger partial charge in [-0.25, -0.2) is 0 Å². The topological polar surface area (TPSA) is 21.3 Å². The van der Waals surface area contributed by atoms with Crippen LogP contribution in [0.3, 0.4) is 0 Å². The monoisotopic (exact) mass is 425 g/mol. The minimum absolute atomic E-state index is 0.0317. The van der Waals surface area contributed by atoms with Crippen LogP contribution in [0.2, 0.25) is 0 Å². The average Bonchev–Trinajstić information content (AvgIpc) is 3.08. The van der Waals surface area contributed by atoms with E-state index in [1.165, 1.54) is 64.2 Å². The second-order valence-electron chi connectivity index (χ2n) is 13.6. The molecule has 2 aliphatic heterocycles. The van der Waals surface area contributed by atoms with Crippen molar-refractivity contribution in [1.82, 2.24) is 5.32 Å². The molecule has 6 aliphatic rings. The zero-order chi connectivity index (χ0) is 21.6. The fourth-order valence-corrected chi connectivity index (χ4v) is 10.3. The molecule has 2 saturated heterocycles. The van der Waals surface area contributed by atoms with Gasteiger partial charge in [-0.3, -0.25) is 5.32 Å². The first-order valence-corrected chi connectivity index (χ1v) is 13.9. The second-order valence-corrected chi connectivity index (χ2v) is 13.6. The zero-order valence-electron chi connectivity index (χ0n) is 20.9. The summed E-state index contributed by atoms with van der Waals surface area (Å²) in [4.78, 5) is 0. The third-order valence-corrected chi connectivity index (χ3v) is 12.1. The van der Waals surface area contributed by atoms with E-state index in [4.69, 9.17) is 4.74 Å². The van der Waals surface area contributed by atoms with Crippen LogP contribution >= 0.6 is 0 Å². The molecule has 11 unspecified atom stereocenters. The lowest BCUT2D eigenvalue weighted by Crippen LogP contribution is -2.54. The molecule has 1 N–H and O–H groups in total. The van der Waals surface area contributed by atoms with E-state index in [2.05, 4.69) is 46.0 Å². The van der Waals surface area contributed by atoms with Gasteiger partial charge in [-0.1, -0.05) is 46.3 Å². The Morgan fingerprint density at radius 1 is 0.968 bits per heavy atom. The van der Waals surface area contributed by atoms with Crippen molar-refractivity contribution in [3.63, 3.8) is 0 Å². The first-order valence-electron chi connectivity index (χ1n) is 13.9. The Morgan fingerprint density at radius 2 is 1.81 bits per heavy atom. The minimum atomic E-state index is -0.0317. The van der Waals surface area contributed by atoms with Crippen molar-refractivity contribution in [3.8, 4) is 0 Å². The van der Waals surface area contributed by atoms with Crippen molar-refractivity contribution in [1.29, 1.82) is 0 Å². The van der Waals surface area contributed by atoms with Gasteiger partial charge in [-0.05, 0) is 111 Å². The van der Waals surface area contributed by atoms with E-state index in [0.29, 0.717) is 22.9 Å². The van der Waals surface area contributed by atoms with Gasteiger partial charge in [0.2, 0.25) is 0 Å². The molecule has 31 heavy (non-hydrogen) atoms.